The van der Waals surface area contributed by atoms with Gasteiger partial charge in [0.1, 0.15) is 19.1 Å². The molecule has 0 aromatic rings. The maximum atomic E-state index is 5.83. The van der Waals surface area contributed by atoms with Gasteiger partial charge in [-0.3, -0.25) is 10.6 Å². The van der Waals surface area contributed by atoms with Crippen molar-refractivity contribution in [3.8, 4) is 0 Å². The predicted octanol–water partition coefficient (Wildman–Crippen LogP) is -3.49. The number of nitrogens with one attached hydrogen (secondary N) is 3. The number of quaternary nitrogens is 1. The summed E-state index contributed by atoms with van der Waals surface area (Å²) in [6.45, 7) is 1.01. The Bertz CT molecular complexity index is 214. The lowest BCUT2D eigenvalue weighted by Gasteiger charge is -2.38. The van der Waals surface area contributed by atoms with Gasteiger partial charge in [0.2, 0.25) is 0 Å². The Balaban J connectivity index is 2.15. The van der Waals surface area contributed by atoms with Crippen molar-refractivity contribution in [3.63, 3.8) is 0 Å². The molecule has 0 aromatic carbocycles. The Labute approximate surface area is 84.4 Å². The molecule has 5 atom stereocenters. The van der Waals surface area contributed by atoms with Gasteiger partial charge in [-0.25, -0.2) is 4.90 Å². The average Bonchev–Trinajstić information content (AvgIpc) is 2.41. The third-order valence-corrected chi connectivity index (χ3v) is 3.16. The minimum absolute atomic E-state index is 0.0289. The quantitative estimate of drug-likeness (QED) is 0.355. The van der Waals surface area contributed by atoms with E-state index in [1.54, 1.807) is 7.11 Å². The first-order valence-electron chi connectivity index (χ1n) is 4.96. The van der Waals surface area contributed by atoms with Crippen LogP contribution in [0.1, 0.15) is 0 Å². The van der Waals surface area contributed by atoms with Gasteiger partial charge in [0.15, 0.2) is 12.3 Å². The molecule has 0 radical (unpaired) electrons. The maximum Gasteiger partial charge on any atom is 0.165 e. The molecule has 5 N–H and O–H groups in total. The van der Waals surface area contributed by atoms with Crippen LogP contribution in [0, 0.1) is 0 Å². The molecule has 2 aliphatic heterocycles. The standard InChI is InChI=1S/C8H19N5O/c1-12-4-13(2)6-5(12)7(14-3)11-8(9)10-6/h5-8,10-11H,4,9H2,1-3H3/p+1. The second kappa shape index (κ2) is 3.73. The Morgan fingerprint density at radius 1 is 1.50 bits per heavy atom. The first-order chi connectivity index (χ1) is 6.63. The van der Waals surface area contributed by atoms with Gasteiger partial charge in [0, 0.05) is 7.11 Å². The zero-order valence-corrected chi connectivity index (χ0v) is 8.95. The fraction of sp³-hybridized carbons (Fsp3) is 1.00. The summed E-state index contributed by atoms with van der Waals surface area (Å²) in [5.74, 6) is 0. The van der Waals surface area contributed by atoms with Crippen LogP contribution in [0.15, 0.2) is 0 Å². The number of hydrogen-bond donors (Lipinski definition) is 4. The van der Waals surface area contributed by atoms with Gasteiger partial charge in [-0.1, -0.05) is 0 Å². The minimum atomic E-state index is -0.186. The van der Waals surface area contributed by atoms with Crippen LogP contribution in [0.2, 0.25) is 0 Å². The van der Waals surface area contributed by atoms with Crippen molar-refractivity contribution in [2.75, 3.05) is 27.9 Å². The lowest BCUT2D eigenvalue weighted by molar-refractivity contribution is -0.901. The second-order valence-electron chi connectivity index (χ2n) is 4.20. The maximum absolute atomic E-state index is 5.83. The number of nitrogens with two attached hydrogens (primary N) is 1. The fourth-order valence-corrected chi connectivity index (χ4v) is 2.52. The molecule has 6 heteroatoms. The summed E-state index contributed by atoms with van der Waals surface area (Å²) >= 11 is 0. The predicted molar refractivity (Wildman–Crippen MR) is 52.1 cm³/mol. The van der Waals surface area contributed by atoms with Crippen molar-refractivity contribution in [1.82, 2.24) is 15.5 Å². The number of hydrogen-bond acceptors (Lipinski definition) is 5. The summed E-state index contributed by atoms with van der Waals surface area (Å²) in [6.07, 6.45) is 0.145. The summed E-state index contributed by atoms with van der Waals surface area (Å²) in [4.78, 5) is 3.71. The highest BCUT2D eigenvalue weighted by Gasteiger charge is 2.48. The molecule has 2 fully saturated rings. The third-order valence-electron chi connectivity index (χ3n) is 3.16. The minimum Gasteiger partial charge on any atom is -0.360 e. The molecule has 0 spiro atoms. The van der Waals surface area contributed by atoms with Gasteiger partial charge in [-0.05, 0) is 7.05 Å². The third kappa shape index (κ3) is 1.54. The molecule has 2 rings (SSSR count). The van der Waals surface area contributed by atoms with E-state index in [4.69, 9.17) is 10.5 Å². The molecule has 0 aliphatic carbocycles. The van der Waals surface area contributed by atoms with E-state index in [2.05, 4.69) is 29.6 Å². The Kier molecular flexibility index (Phi) is 2.74. The molecule has 82 valence electrons. The van der Waals surface area contributed by atoms with Crippen LogP contribution in [0.25, 0.3) is 0 Å². The smallest absolute Gasteiger partial charge is 0.165 e. The molecule has 5 unspecified atom stereocenters. The molecular weight excluding hydrogens is 182 g/mol. The van der Waals surface area contributed by atoms with Crippen LogP contribution in [-0.4, -0.2) is 57.5 Å². The number of nitrogens with zero attached hydrogens (tertiary/aromatic N) is 1. The number of fused-ring (bicyclic) bond motifs is 1. The largest absolute Gasteiger partial charge is 0.360 e. The van der Waals surface area contributed by atoms with Crippen molar-refractivity contribution in [2.24, 2.45) is 5.73 Å². The van der Waals surface area contributed by atoms with Crippen LogP contribution in [0.5, 0.6) is 0 Å². The molecule has 2 saturated heterocycles. The van der Waals surface area contributed by atoms with Gasteiger partial charge in [-0.15, -0.1) is 0 Å². The van der Waals surface area contributed by atoms with Crippen LogP contribution in [0.4, 0.5) is 0 Å². The van der Waals surface area contributed by atoms with Crippen LogP contribution in [-0.2, 0) is 4.74 Å². The van der Waals surface area contributed by atoms with E-state index in [0.717, 1.165) is 6.67 Å². The highest BCUT2D eigenvalue weighted by Crippen LogP contribution is 2.10. The van der Waals surface area contributed by atoms with Gasteiger partial charge >= 0.3 is 0 Å². The molecule has 0 saturated carbocycles. The average molecular weight is 202 g/mol. The summed E-state index contributed by atoms with van der Waals surface area (Å²) in [5, 5.41) is 6.50. The van der Waals surface area contributed by atoms with E-state index in [1.807, 2.05) is 0 Å². The topological polar surface area (TPSA) is 67.0 Å². The van der Waals surface area contributed by atoms with Gasteiger partial charge < -0.3 is 15.4 Å². The number of rotatable bonds is 1. The first-order valence-corrected chi connectivity index (χ1v) is 4.96. The lowest BCUT2D eigenvalue weighted by atomic mass is 10.1. The molecule has 2 heterocycles. The highest BCUT2D eigenvalue weighted by atomic mass is 16.5. The van der Waals surface area contributed by atoms with Crippen molar-refractivity contribution in [1.29, 1.82) is 0 Å². The lowest BCUT2D eigenvalue weighted by Crippen LogP contribution is -3.14. The van der Waals surface area contributed by atoms with Crippen LogP contribution in [0.3, 0.4) is 0 Å². The Morgan fingerprint density at radius 3 is 2.86 bits per heavy atom. The summed E-state index contributed by atoms with van der Waals surface area (Å²) < 4.78 is 5.42. The SMILES string of the molecule is COC1NC(N)NC2C1[NH+](C)CN2C. The van der Waals surface area contributed by atoms with Crippen LogP contribution >= 0.6 is 0 Å². The zero-order chi connectivity index (χ0) is 10.3. The first kappa shape index (κ1) is 10.3. The molecule has 0 bridgehead atoms. The van der Waals surface area contributed by atoms with E-state index < -0.39 is 0 Å². The number of likely N-dealkylation sites (N-methyl/N-ethyl adjacent to an activating group) is 2. The molecule has 0 aromatic heterocycles. The van der Waals surface area contributed by atoms with Gasteiger partial charge in [-0.2, -0.15) is 0 Å². The van der Waals surface area contributed by atoms with Gasteiger partial charge in [0.05, 0.1) is 7.05 Å². The van der Waals surface area contributed by atoms with Crippen molar-refractivity contribution in [3.05, 3.63) is 0 Å². The van der Waals surface area contributed by atoms with E-state index in [0.29, 0.717) is 12.2 Å². The van der Waals surface area contributed by atoms with E-state index in [-0.39, 0.29) is 12.5 Å². The second-order valence-corrected chi connectivity index (χ2v) is 4.20. The Hall–Kier alpha value is -0.240. The van der Waals surface area contributed by atoms with Crippen molar-refractivity contribution < 1.29 is 9.64 Å². The zero-order valence-electron chi connectivity index (χ0n) is 8.95. The van der Waals surface area contributed by atoms with Crippen LogP contribution < -0.4 is 21.3 Å². The molecular formula is C8H20N5O+. The van der Waals surface area contributed by atoms with Gasteiger partial charge in [0.25, 0.3) is 0 Å². The summed E-state index contributed by atoms with van der Waals surface area (Å²) in [7, 11) is 6.00. The molecule has 2 aliphatic rings. The van der Waals surface area contributed by atoms with E-state index in [1.165, 1.54) is 4.90 Å². The number of methoxy groups -OCH3 is 1. The molecule has 6 nitrogen and oxygen atoms in total. The summed E-state index contributed by atoms with van der Waals surface area (Å²) in [6, 6.07) is 0.393. The fourth-order valence-electron chi connectivity index (χ4n) is 2.52. The monoisotopic (exact) mass is 202 g/mol. The van der Waals surface area contributed by atoms with Crippen molar-refractivity contribution in [2.45, 2.75) is 24.7 Å². The molecule has 14 heavy (non-hydrogen) atoms. The van der Waals surface area contributed by atoms with Crippen molar-refractivity contribution >= 4 is 0 Å². The van der Waals surface area contributed by atoms with E-state index in [9.17, 15) is 0 Å². The normalized spacial score (nSPS) is 49.3. The van der Waals surface area contributed by atoms with E-state index >= 15 is 0 Å². The Morgan fingerprint density at radius 2 is 2.21 bits per heavy atom. The summed E-state index contributed by atoms with van der Waals surface area (Å²) in [5.41, 5.74) is 5.83. The number of ether oxygens (including phenoxy) is 1. The molecule has 0 amide bonds. The highest BCUT2D eigenvalue weighted by molar-refractivity contribution is 4.89.